The maximum atomic E-state index is 2.35. The molecule has 0 unspecified atom stereocenters. The maximum absolute atomic E-state index is 2.35. The quantitative estimate of drug-likeness (QED) is 0.384. The van der Waals surface area contributed by atoms with Crippen LogP contribution in [0.4, 0.5) is 0 Å². The summed E-state index contributed by atoms with van der Waals surface area (Å²) in [7, 11) is 0. The molecule has 0 nitrogen and oxygen atoms in total. The van der Waals surface area contributed by atoms with Gasteiger partial charge in [0, 0.05) is 0 Å². The summed E-state index contributed by atoms with van der Waals surface area (Å²) < 4.78 is 0. The highest BCUT2D eigenvalue weighted by atomic mass is 14.2. The molecule has 0 fully saturated rings. The van der Waals surface area contributed by atoms with Gasteiger partial charge in [-0.1, -0.05) is 165 Å². The Bertz CT molecular complexity index is 158. The monoisotopic (exact) mass is 395 g/mol. The van der Waals surface area contributed by atoms with E-state index in [0.717, 1.165) is 5.92 Å². The van der Waals surface area contributed by atoms with E-state index in [1.807, 2.05) is 0 Å². The summed E-state index contributed by atoms with van der Waals surface area (Å²) in [6.07, 6.45) is 10.6. The lowest BCUT2D eigenvalue weighted by Gasteiger charge is -2.23. The van der Waals surface area contributed by atoms with Crippen LogP contribution < -0.4 is 0 Å². The van der Waals surface area contributed by atoms with Crippen molar-refractivity contribution in [3.05, 3.63) is 0 Å². The van der Waals surface area contributed by atoms with Gasteiger partial charge >= 0.3 is 0 Å². The third kappa shape index (κ3) is 30.9. The van der Waals surface area contributed by atoms with E-state index in [1.165, 1.54) is 51.4 Å². The summed E-state index contributed by atoms with van der Waals surface area (Å²) in [5.41, 5.74) is 1.25. The van der Waals surface area contributed by atoms with Gasteiger partial charge in [-0.15, -0.1) is 0 Å². The van der Waals surface area contributed by atoms with Crippen LogP contribution in [0.2, 0.25) is 0 Å². The molecule has 0 aromatic heterocycles. The van der Waals surface area contributed by atoms with Crippen molar-refractivity contribution < 1.29 is 0 Å². The van der Waals surface area contributed by atoms with Crippen LogP contribution >= 0.6 is 0 Å². The molecular formula is C27H70. The molecule has 0 saturated heterocycles. The van der Waals surface area contributed by atoms with E-state index in [4.69, 9.17) is 0 Å². The van der Waals surface area contributed by atoms with E-state index >= 15 is 0 Å². The molecule has 27 heavy (non-hydrogen) atoms. The van der Waals surface area contributed by atoms with Crippen LogP contribution in [0.5, 0.6) is 0 Å². The number of rotatable bonds is 8. The topological polar surface area (TPSA) is 0 Å². The average molecular weight is 395 g/mol. The first-order valence-corrected chi connectivity index (χ1v) is 10.2. The Kier molecular flexibility index (Phi) is 57.5. The fraction of sp³-hybridized carbons (Fsp3) is 1.00. The zero-order valence-electron chi connectivity index (χ0n) is 18.2. The minimum absolute atomic E-state index is 0. The minimum Gasteiger partial charge on any atom is -0.0776 e. The van der Waals surface area contributed by atoms with Gasteiger partial charge in [0.05, 0.1) is 0 Å². The van der Waals surface area contributed by atoms with Gasteiger partial charge in [0.1, 0.15) is 0 Å². The molecule has 0 spiro atoms. The molecule has 0 heteroatoms. The molecule has 0 heterocycles. The zero-order chi connectivity index (χ0) is 18.2. The van der Waals surface area contributed by atoms with Gasteiger partial charge in [0.2, 0.25) is 0 Å². The first kappa shape index (κ1) is 50.6. The third-order valence-electron chi connectivity index (χ3n) is 6.52. The number of hydrogen-bond donors (Lipinski definition) is 0. The molecule has 0 aliphatic heterocycles. The molecule has 0 atom stereocenters. The first-order chi connectivity index (χ1) is 10.2. The van der Waals surface area contributed by atoms with Crippen molar-refractivity contribution in [2.45, 2.75) is 165 Å². The minimum atomic E-state index is 0. The van der Waals surface area contributed by atoms with Crippen molar-refractivity contribution in [2.24, 2.45) is 16.7 Å². The lowest BCUT2D eigenvalue weighted by Crippen LogP contribution is -2.10. The Morgan fingerprint density at radius 1 is 0.444 bits per heavy atom. The maximum Gasteiger partial charge on any atom is -0.0334 e. The molecule has 178 valence electrons. The molecule has 0 bridgehead atoms. The summed E-state index contributed by atoms with van der Waals surface area (Å²) in [6.45, 7) is 25.1. The van der Waals surface area contributed by atoms with Crippen molar-refractivity contribution in [1.82, 2.24) is 0 Å². The molecule has 0 saturated carbocycles. The Morgan fingerprint density at radius 2 is 0.593 bits per heavy atom. The second kappa shape index (κ2) is 30.7. The molecule has 0 aliphatic rings. The summed E-state index contributed by atoms with van der Waals surface area (Å²) in [4.78, 5) is 0. The van der Waals surface area contributed by atoms with Gasteiger partial charge < -0.3 is 0 Å². The van der Waals surface area contributed by atoms with Gasteiger partial charge in [-0.25, -0.2) is 0 Å². The second-order valence-electron chi connectivity index (χ2n) is 7.66. The summed E-state index contributed by atoms with van der Waals surface area (Å²) in [5, 5.41) is 0. The molecule has 0 radical (unpaired) electrons. The second-order valence-corrected chi connectivity index (χ2v) is 7.66. The van der Waals surface area contributed by atoms with E-state index in [0.29, 0.717) is 10.8 Å². The highest BCUT2D eigenvalue weighted by Gasteiger charge is 2.15. The lowest BCUT2D eigenvalue weighted by molar-refractivity contribution is 0.286. The largest absolute Gasteiger partial charge is 0.0776 e. The van der Waals surface area contributed by atoms with E-state index in [9.17, 15) is 0 Å². The summed E-state index contributed by atoms with van der Waals surface area (Å²) in [6, 6.07) is 0. The fourth-order valence-corrected chi connectivity index (χ4v) is 1.79. The van der Waals surface area contributed by atoms with Gasteiger partial charge in [-0.2, -0.15) is 0 Å². The zero-order valence-corrected chi connectivity index (χ0v) is 18.2. The molecule has 0 aromatic carbocycles. The van der Waals surface area contributed by atoms with Crippen molar-refractivity contribution >= 4 is 0 Å². The Labute approximate surface area is 181 Å². The predicted molar refractivity (Wildman–Crippen MR) is 141 cm³/mol. The van der Waals surface area contributed by atoms with Crippen LogP contribution in [-0.2, 0) is 0 Å². The lowest BCUT2D eigenvalue weighted by atomic mass is 9.82. The van der Waals surface area contributed by atoms with Crippen LogP contribution in [0.25, 0.3) is 0 Å². The smallest absolute Gasteiger partial charge is 0.0334 e. The average Bonchev–Trinajstić information content (AvgIpc) is 2.60. The van der Waals surface area contributed by atoms with Crippen LogP contribution in [-0.4, -0.2) is 0 Å². The highest BCUT2D eigenvalue weighted by molar-refractivity contribution is 4.67. The molecule has 0 rings (SSSR count). The Hall–Kier alpha value is 0. The van der Waals surface area contributed by atoms with Gasteiger partial charge in [-0.05, 0) is 16.7 Å². The molecule has 0 aromatic rings. The van der Waals surface area contributed by atoms with Gasteiger partial charge in [0.25, 0.3) is 0 Å². The van der Waals surface area contributed by atoms with Crippen LogP contribution in [0.1, 0.15) is 165 Å². The van der Waals surface area contributed by atoms with Crippen molar-refractivity contribution in [2.75, 3.05) is 0 Å². The predicted octanol–water partition coefficient (Wildman–Crippen LogP) is 12.1. The fourth-order valence-electron chi connectivity index (χ4n) is 1.79. The van der Waals surface area contributed by atoms with Crippen molar-refractivity contribution in [1.29, 1.82) is 0 Å². The van der Waals surface area contributed by atoms with Crippen LogP contribution in [0.15, 0.2) is 0 Å². The van der Waals surface area contributed by atoms with Crippen molar-refractivity contribution in [3.63, 3.8) is 0 Å². The van der Waals surface area contributed by atoms with Crippen LogP contribution in [0.3, 0.4) is 0 Å². The molecular weight excluding hydrogens is 324 g/mol. The summed E-state index contributed by atoms with van der Waals surface area (Å²) >= 11 is 0. The van der Waals surface area contributed by atoms with E-state index < -0.39 is 0 Å². The highest BCUT2D eigenvalue weighted by Crippen LogP contribution is 2.29. The Balaban J connectivity index is -0.0000000309. The normalized spacial score (nSPS) is 9.33. The first-order valence-electron chi connectivity index (χ1n) is 10.2. The molecule has 0 N–H and O–H groups in total. The van der Waals surface area contributed by atoms with E-state index in [-0.39, 0.29) is 37.1 Å². The van der Waals surface area contributed by atoms with Crippen LogP contribution in [0, 0.1) is 16.7 Å². The van der Waals surface area contributed by atoms with Crippen molar-refractivity contribution in [3.8, 4) is 0 Å². The standard InChI is InChI=1S/2C8H18.C6H14.5CH4/c2*1-5-8(4,6-2)7-3;1-4-6(3)5-2;;;;;/h2*5-7H2,1-4H3;6H,4-5H2,1-3H3;5*1H4. The van der Waals surface area contributed by atoms with E-state index in [2.05, 4.69) is 76.2 Å². The molecule has 0 aliphatic carbocycles. The third-order valence-corrected chi connectivity index (χ3v) is 6.52. The summed E-state index contributed by atoms with van der Waals surface area (Å²) in [5.74, 6) is 0.935. The SMILES string of the molecule is C.C.C.C.C.CCC(C)(CC)CC.CCC(C)(CC)CC.CCC(C)CC. The van der Waals surface area contributed by atoms with Gasteiger partial charge in [-0.3, -0.25) is 0 Å². The number of hydrogen-bond acceptors (Lipinski definition) is 0. The Morgan fingerprint density at radius 3 is 0.593 bits per heavy atom. The van der Waals surface area contributed by atoms with Gasteiger partial charge in [0.15, 0.2) is 0 Å². The van der Waals surface area contributed by atoms with E-state index in [1.54, 1.807) is 0 Å². The molecule has 0 amide bonds.